The van der Waals surface area contributed by atoms with Gasteiger partial charge in [-0.1, -0.05) is 0 Å². The average Bonchev–Trinajstić information content (AvgIpc) is 2.65. The molecule has 1 N–H and O–H groups in total. The molecule has 4 nitrogen and oxygen atoms in total. The quantitative estimate of drug-likeness (QED) is 0.838. The van der Waals surface area contributed by atoms with Crippen molar-refractivity contribution in [3.63, 3.8) is 0 Å². The normalized spacial score (nSPS) is 23.2. The molecule has 1 fully saturated rings. The summed E-state index contributed by atoms with van der Waals surface area (Å²) in [6.45, 7) is 0.848. The number of ether oxygens (including phenoxy) is 1. The van der Waals surface area contributed by atoms with E-state index in [-0.39, 0.29) is 12.2 Å². The minimum atomic E-state index is -0.335. The lowest BCUT2D eigenvalue weighted by atomic mass is 10.0. The molecule has 0 radical (unpaired) electrons. The van der Waals surface area contributed by atoms with Crippen LogP contribution in [0.1, 0.15) is 31.4 Å². The Morgan fingerprint density at radius 2 is 2.50 bits per heavy atom. The number of aryl methyl sites for hydroxylation is 1. The number of rotatable bonds is 4. The first-order valence-electron chi connectivity index (χ1n) is 6.02. The van der Waals surface area contributed by atoms with Crippen molar-refractivity contribution < 1.29 is 9.84 Å². The predicted molar refractivity (Wildman–Crippen MR) is 61.1 cm³/mol. The summed E-state index contributed by atoms with van der Waals surface area (Å²) in [7, 11) is 1.89. The lowest BCUT2D eigenvalue weighted by Gasteiger charge is -2.24. The Kier molecular flexibility index (Phi) is 3.96. The molecule has 1 saturated heterocycles. The van der Waals surface area contributed by atoms with E-state index in [9.17, 15) is 5.11 Å². The summed E-state index contributed by atoms with van der Waals surface area (Å²) in [5, 5.41) is 14.2. The van der Waals surface area contributed by atoms with Crippen molar-refractivity contribution in [2.45, 2.75) is 44.3 Å². The lowest BCUT2D eigenvalue weighted by molar-refractivity contribution is -0.0149. The molecule has 90 valence electrons. The molecule has 2 atom stereocenters. The van der Waals surface area contributed by atoms with Gasteiger partial charge in [0, 0.05) is 26.3 Å². The van der Waals surface area contributed by atoms with E-state index in [0.29, 0.717) is 6.42 Å². The maximum Gasteiger partial charge on any atom is 0.0650 e. The van der Waals surface area contributed by atoms with E-state index in [0.717, 1.165) is 31.6 Å². The summed E-state index contributed by atoms with van der Waals surface area (Å²) in [5.74, 6) is 0. The highest BCUT2D eigenvalue weighted by Crippen LogP contribution is 2.18. The van der Waals surface area contributed by atoms with Gasteiger partial charge in [-0.15, -0.1) is 0 Å². The van der Waals surface area contributed by atoms with Crippen LogP contribution in [-0.4, -0.2) is 33.7 Å². The number of aromatic nitrogens is 2. The van der Waals surface area contributed by atoms with E-state index < -0.39 is 0 Å². The average molecular weight is 224 g/mol. The van der Waals surface area contributed by atoms with Gasteiger partial charge >= 0.3 is 0 Å². The smallest absolute Gasteiger partial charge is 0.0650 e. The fourth-order valence-corrected chi connectivity index (χ4v) is 2.19. The van der Waals surface area contributed by atoms with Crippen molar-refractivity contribution in [3.05, 3.63) is 18.0 Å². The second-order valence-corrected chi connectivity index (χ2v) is 4.56. The molecule has 0 aliphatic carbocycles. The highest BCUT2D eigenvalue weighted by atomic mass is 16.5. The number of hydrogen-bond donors (Lipinski definition) is 1. The van der Waals surface area contributed by atoms with Gasteiger partial charge in [0.2, 0.25) is 0 Å². The zero-order chi connectivity index (χ0) is 11.4. The Balaban J connectivity index is 1.77. The highest BCUT2D eigenvalue weighted by molar-refractivity contribution is 5.00. The molecule has 0 spiro atoms. The molecule has 0 aromatic carbocycles. The summed E-state index contributed by atoms with van der Waals surface area (Å²) in [4.78, 5) is 0. The van der Waals surface area contributed by atoms with Gasteiger partial charge in [0.15, 0.2) is 0 Å². The topological polar surface area (TPSA) is 47.3 Å². The minimum Gasteiger partial charge on any atom is -0.393 e. The first kappa shape index (κ1) is 11.6. The fraction of sp³-hybridized carbons (Fsp3) is 0.750. The van der Waals surface area contributed by atoms with E-state index in [1.54, 1.807) is 4.68 Å². The third-order valence-corrected chi connectivity index (χ3v) is 3.02. The molecule has 0 amide bonds. The van der Waals surface area contributed by atoms with E-state index in [1.807, 2.05) is 19.3 Å². The zero-order valence-corrected chi connectivity index (χ0v) is 9.80. The summed E-state index contributed by atoms with van der Waals surface area (Å²) in [6, 6.07) is 1.95. The lowest BCUT2D eigenvalue weighted by Crippen LogP contribution is -2.25. The highest BCUT2D eigenvalue weighted by Gasteiger charge is 2.18. The third-order valence-electron chi connectivity index (χ3n) is 3.02. The van der Waals surface area contributed by atoms with Crippen LogP contribution in [0.2, 0.25) is 0 Å². The Bertz CT molecular complexity index is 319. The van der Waals surface area contributed by atoms with Crippen molar-refractivity contribution in [2.75, 3.05) is 6.61 Å². The largest absolute Gasteiger partial charge is 0.393 e. The number of aliphatic hydroxyl groups excluding tert-OH is 1. The molecule has 2 rings (SSSR count). The monoisotopic (exact) mass is 224 g/mol. The number of nitrogens with zero attached hydrogens (tertiary/aromatic N) is 2. The zero-order valence-electron chi connectivity index (χ0n) is 9.80. The third kappa shape index (κ3) is 3.32. The van der Waals surface area contributed by atoms with Crippen LogP contribution in [0.3, 0.4) is 0 Å². The van der Waals surface area contributed by atoms with Crippen molar-refractivity contribution in [1.82, 2.24) is 9.78 Å². The molecule has 1 aliphatic rings. The minimum absolute atomic E-state index is 0.243. The second kappa shape index (κ2) is 5.46. The van der Waals surface area contributed by atoms with Crippen LogP contribution in [0, 0.1) is 0 Å². The molecule has 1 aromatic rings. The van der Waals surface area contributed by atoms with E-state index >= 15 is 0 Å². The van der Waals surface area contributed by atoms with Gasteiger partial charge in [-0.2, -0.15) is 5.10 Å². The summed E-state index contributed by atoms with van der Waals surface area (Å²) in [5.41, 5.74) is 0.950. The van der Waals surface area contributed by atoms with Crippen LogP contribution in [-0.2, 0) is 18.2 Å². The predicted octanol–water partition coefficient (Wildman–Crippen LogP) is 1.28. The Labute approximate surface area is 96.2 Å². The molecule has 1 aromatic heterocycles. The SMILES string of the molecule is Cn1ccc(CC(O)CC2CCCCO2)n1. The van der Waals surface area contributed by atoms with Gasteiger partial charge < -0.3 is 9.84 Å². The standard InChI is InChI=1S/C12H20N2O2/c1-14-6-5-10(13-14)8-11(15)9-12-4-2-3-7-16-12/h5-6,11-12,15H,2-4,7-9H2,1H3. The van der Waals surface area contributed by atoms with Gasteiger partial charge in [0.25, 0.3) is 0 Å². The van der Waals surface area contributed by atoms with Crippen molar-refractivity contribution in [2.24, 2.45) is 7.05 Å². The first-order chi connectivity index (χ1) is 7.74. The van der Waals surface area contributed by atoms with Crippen molar-refractivity contribution in [3.8, 4) is 0 Å². The molecule has 0 bridgehead atoms. The van der Waals surface area contributed by atoms with Crippen LogP contribution < -0.4 is 0 Å². The molecule has 0 saturated carbocycles. The number of hydrogen-bond acceptors (Lipinski definition) is 3. The van der Waals surface area contributed by atoms with Crippen LogP contribution in [0.15, 0.2) is 12.3 Å². The van der Waals surface area contributed by atoms with Crippen LogP contribution >= 0.6 is 0 Å². The van der Waals surface area contributed by atoms with Gasteiger partial charge in [0.1, 0.15) is 0 Å². The second-order valence-electron chi connectivity index (χ2n) is 4.56. The fourth-order valence-electron chi connectivity index (χ4n) is 2.19. The van der Waals surface area contributed by atoms with Gasteiger partial charge in [0.05, 0.1) is 17.9 Å². The molecular weight excluding hydrogens is 204 g/mol. The van der Waals surface area contributed by atoms with Gasteiger partial charge in [-0.05, 0) is 31.7 Å². The Hall–Kier alpha value is -0.870. The van der Waals surface area contributed by atoms with Crippen LogP contribution in [0.5, 0.6) is 0 Å². The molecular formula is C12H20N2O2. The summed E-state index contributed by atoms with van der Waals surface area (Å²) >= 11 is 0. The maximum absolute atomic E-state index is 9.93. The van der Waals surface area contributed by atoms with E-state index in [2.05, 4.69) is 5.10 Å². The van der Waals surface area contributed by atoms with Gasteiger partial charge in [-0.3, -0.25) is 4.68 Å². The van der Waals surface area contributed by atoms with Crippen molar-refractivity contribution >= 4 is 0 Å². The van der Waals surface area contributed by atoms with Gasteiger partial charge in [-0.25, -0.2) is 0 Å². The maximum atomic E-state index is 9.93. The van der Waals surface area contributed by atoms with E-state index in [1.165, 1.54) is 6.42 Å². The van der Waals surface area contributed by atoms with Crippen LogP contribution in [0.25, 0.3) is 0 Å². The molecule has 16 heavy (non-hydrogen) atoms. The Morgan fingerprint density at radius 3 is 3.12 bits per heavy atom. The number of aliphatic hydroxyl groups is 1. The molecule has 2 heterocycles. The molecule has 2 unspecified atom stereocenters. The van der Waals surface area contributed by atoms with Crippen LogP contribution in [0.4, 0.5) is 0 Å². The first-order valence-corrected chi connectivity index (χ1v) is 6.02. The van der Waals surface area contributed by atoms with E-state index in [4.69, 9.17) is 4.74 Å². The Morgan fingerprint density at radius 1 is 1.62 bits per heavy atom. The van der Waals surface area contributed by atoms with Crippen molar-refractivity contribution in [1.29, 1.82) is 0 Å². The molecule has 1 aliphatic heterocycles. The summed E-state index contributed by atoms with van der Waals surface area (Å²) in [6.07, 6.45) is 6.63. The summed E-state index contributed by atoms with van der Waals surface area (Å²) < 4.78 is 7.37. The molecule has 4 heteroatoms.